The molecule has 4 N–H and O–H groups in total. The maximum Gasteiger partial charge on any atom is 0.408 e. The van der Waals surface area contributed by atoms with Gasteiger partial charge < -0.3 is 30.1 Å². The lowest BCUT2D eigenvalue weighted by Gasteiger charge is -2.39. The average Bonchev–Trinajstić information content (AvgIpc) is 3.67. The summed E-state index contributed by atoms with van der Waals surface area (Å²) in [4.78, 5) is 45.2. The highest BCUT2D eigenvalue weighted by molar-refractivity contribution is 6.38. The van der Waals surface area contributed by atoms with Crippen LogP contribution in [-0.2, 0) is 33.8 Å². The first-order chi connectivity index (χ1) is 22.9. The number of fused-ring (bicyclic) bond motifs is 3. The Balaban J connectivity index is 1.47. The maximum atomic E-state index is 14.6. The van der Waals surface area contributed by atoms with Crippen LogP contribution in [0.25, 0.3) is 10.9 Å². The molecule has 256 valence electrons. The minimum absolute atomic E-state index is 0.0501. The van der Waals surface area contributed by atoms with E-state index in [2.05, 4.69) is 31.1 Å². The van der Waals surface area contributed by atoms with Crippen LogP contribution < -0.4 is 16.0 Å². The molecule has 4 aromatic rings. The number of nitrogens with zero attached hydrogens (tertiary/aromatic N) is 2. The van der Waals surface area contributed by atoms with Gasteiger partial charge in [0.1, 0.15) is 24.2 Å². The molecule has 0 bridgehead atoms. The number of benzene rings is 2. The summed E-state index contributed by atoms with van der Waals surface area (Å²) in [6.45, 7) is 9.54. The smallest absolute Gasteiger partial charge is 0.408 e. The summed E-state index contributed by atoms with van der Waals surface area (Å²) in [5, 5.41) is 18.9. The molecule has 1 aliphatic rings. The molecule has 2 aromatic heterocycles. The number of H-pyrrole nitrogens is 1. The van der Waals surface area contributed by atoms with Gasteiger partial charge in [-0.3, -0.25) is 9.59 Å². The summed E-state index contributed by atoms with van der Waals surface area (Å²) in [5.41, 5.74) is 1.87. The van der Waals surface area contributed by atoms with E-state index in [4.69, 9.17) is 32.4 Å². The first kappa shape index (κ1) is 35.2. The molecule has 0 saturated carbocycles. The van der Waals surface area contributed by atoms with E-state index in [9.17, 15) is 14.4 Å². The van der Waals surface area contributed by atoms with Gasteiger partial charge >= 0.3 is 6.09 Å². The van der Waals surface area contributed by atoms with E-state index in [0.717, 1.165) is 28.6 Å². The van der Waals surface area contributed by atoms with Crippen LogP contribution in [0, 0.1) is 18.8 Å². The van der Waals surface area contributed by atoms with Gasteiger partial charge in [-0.1, -0.05) is 94.1 Å². The first-order valence-corrected chi connectivity index (χ1v) is 17.1. The van der Waals surface area contributed by atoms with E-state index >= 15 is 0 Å². The summed E-state index contributed by atoms with van der Waals surface area (Å²) in [7, 11) is 0. The predicted octanol–water partition coefficient (Wildman–Crippen LogP) is 6.75. The molecule has 2 heterocycles. The molecule has 13 heteroatoms. The third kappa shape index (κ3) is 7.63. The Morgan fingerprint density at radius 3 is 2.44 bits per heavy atom. The highest BCUT2D eigenvalue weighted by Gasteiger charge is 2.47. The Morgan fingerprint density at radius 1 is 1.04 bits per heavy atom. The second kappa shape index (κ2) is 15.0. The highest BCUT2D eigenvalue weighted by atomic mass is 35.5. The number of hydrogen-bond acceptors (Lipinski definition) is 7. The molecule has 11 nitrogen and oxygen atoms in total. The largest absolute Gasteiger partial charge is 0.445 e. The van der Waals surface area contributed by atoms with E-state index in [1.54, 1.807) is 13.0 Å². The van der Waals surface area contributed by atoms with Crippen molar-refractivity contribution in [2.75, 3.05) is 0 Å². The number of halogens is 2. The third-order valence-corrected chi connectivity index (χ3v) is 9.90. The number of ether oxygens (including phenoxy) is 1. The van der Waals surface area contributed by atoms with E-state index < -0.39 is 35.5 Å². The van der Waals surface area contributed by atoms with Gasteiger partial charge in [0.15, 0.2) is 0 Å². The lowest BCUT2D eigenvalue weighted by atomic mass is 9.78. The third-order valence-electron chi connectivity index (χ3n) is 9.39. The van der Waals surface area contributed by atoms with Crippen molar-refractivity contribution in [3.8, 4) is 0 Å². The lowest BCUT2D eigenvalue weighted by Crippen LogP contribution is -2.65. The van der Waals surface area contributed by atoms with Crippen molar-refractivity contribution >= 4 is 52.0 Å². The topological polar surface area (TPSA) is 151 Å². The Kier molecular flexibility index (Phi) is 11.0. The fourth-order valence-electron chi connectivity index (χ4n) is 6.14. The molecule has 2 aromatic carbocycles. The highest BCUT2D eigenvalue weighted by Crippen LogP contribution is 2.39. The van der Waals surface area contributed by atoms with Crippen molar-refractivity contribution in [2.45, 2.75) is 91.0 Å². The van der Waals surface area contributed by atoms with E-state index in [1.165, 1.54) is 0 Å². The van der Waals surface area contributed by atoms with Crippen molar-refractivity contribution < 1.29 is 23.5 Å². The molecular formula is C35H42Cl2N6O5. The fourth-order valence-corrected chi connectivity index (χ4v) is 6.68. The number of carbonyl (C=O) groups excluding carboxylic acids is 3. The summed E-state index contributed by atoms with van der Waals surface area (Å²) in [5.74, 6) is -0.552. The summed E-state index contributed by atoms with van der Waals surface area (Å²) < 4.78 is 11.2. The number of carbonyl (C=O) groups is 3. The number of hydrogen-bond donors (Lipinski definition) is 4. The van der Waals surface area contributed by atoms with Crippen LogP contribution in [0.4, 0.5) is 4.79 Å². The molecule has 0 radical (unpaired) electrons. The molecule has 5 atom stereocenters. The number of aromatic nitrogens is 3. The normalized spacial score (nSPS) is 18.3. The Morgan fingerprint density at radius 2 is 1.77 bits per heavy atom. The average molecular weight is 698 g/mol. The van der Waals surface area contributed by atoms with Crippen LogP contribution >= 0.6 is 23.2 Å². The Bertz CT molecular complexity index is 1780. The molecule has 1 aliphatic carbocycles. The van der Waals surface area contributed by atoms with Gasteiger partial charge in [-0.05, 0) is 47.9 Å². The van der Waals surface area contributed by atoms with Crippen molar-refractivity contribution in [3.05, 3.63) is 81.1 Å². The van der Waals surface area contributed by atoms with Gasteiger partial charge in [0, 0.05) is 29.4 Å². The summed E-state index contributed by atoms with van der Waals surface area (Å²) in [6.07, 6.45) is 1.45. The maximum absolute atomic E-state index is 14.6. The monoisotopic (exact) mass is 696 g/mol. The number of rotatable bonds is 12. The lowest BCUT2D eigenvalue weighted by molar-refractivity contribution is -0.136. The molecule has 0 fully saturated rings. The van der Waals surface area contributed by atoms with Crippen molar-refractivity contribution in [1.29, 1.82) is 0 Å². The zero-order chi connectivity index (χ0) is 34.6. The van der Waals surface area contributed by atoms with E-state index in [-0.39, 0.29) is 31.3 Å². The molecule has 2 unspecified atom stereocenters. The van der Waals surface area contributed by atoms with Gasteiger partial charge in [-0.15, -0.1) is 10.2 Å². The van der Waals surface area contributed by atoms with Crippen LogP contribution in [-0.4, -0.2) is 44.7 Å². The van der Waals surface area contributed by atoms with Crippen LogP contribution in [0.1, 0.15) is 81.6 Å². The van der Waals surface area contributed by atoms with E-state index in [0.29, 0.717) is 40.2 Å². The van der Waals surface area contributed by atoms with Gasteiger partial charge in [-0.2, -0.15) is 0 Å². The van der Waals surface area contributed by atoms with Crippen LogP contribution in [0.15, 0.2) is 46.9 Å². The molecule has 0 spiro atoms. The zero-order valence-corrected chi connectivity index (χ0v) is 29.3. The molecule has 0 aliphatic heterocycles. The molecule has 3 amide bonds. The summed E-state index contributed by atoms with van der Waals surface area (Å²) in [6, 6.07) is 11.2. The second-order valence-electron chi connectivity index (χ2n) is 12.7. The van der Waals surface area contributed by atoms with Gasteiger partial charge in [0.2, 0.25) is 23.6 Å². The van der Waals surface area contributed by atoms with Crippen molar-refractivity contribution in [1.82, 2.24) is 31.1 Å². The predicted molar refractivity (Wildman–Crippen MR) is 184 cm³/mol. The number of amides is 3. The fraction of sp³-hybridized carbons (Fsp3) is 0.457. The quantitative estimate of drug-likeness (QED) is 0.128. The molecule has 0 saturated heterocycles. The Labute approximate surface area is 289 Å². The molecule has 5 rings (SSSR count). The standard InChI is InChI=1S/C35H42Cl2N6O5/c1-6-19(3)28(40-34(46)47-18-22-11-9-8-10-12-22)31(44)41-35(33(45)39-29(20(4)7-2)32-43-42-21(5)48-32)14-13-27-25(17-35)24-15-23(36)16-26(37)30(24)38-27/h8-12,15-16,19-20,28-29,38H,6-7,13-14,17-18H2,1-5H3,(H,39,45)(H,40,46)(H,41,44)/t19?,20?,28-,29-,35-/m0/s1. The minimum Gasteiger partial charge on any atom is -0.445 e. The van der Waals surface area contributed by atoms with Gasteiger partial charge in [-0.25, -0.2) is 4.79 Å². The van der Waals surface area contributed by atoms with Crippen LogP contribution in [0.2, 0.25) is 10.0 Å². The van der Waals surface area contributed by atoms with Crippen LogP contribution in [0.3, 0.4) is 0 Å². The Hall–Kier alpha value is -4.09. The number of aromatic amines is 1. The number of nitrogens with one attached hydrogen (secondary N) is 4. The molecule has 48 heavy (non-hydrogen) atoms. The number of aryl methyl sites for hydroxylation is 2. The molecular weight excluding hydrogens is 655 g/mol. The van der Waals surface area contributed by atoms with Crippen molar-refractivity contribution in [3.63, 3.8) is 0 Å². The zero-order valence-electron chi connectivity index (χ0n) is 27.8. The number of alkyl carbamates (subject to hydrolysis) is 1. The first-order valence-electron chi connectivity index (χ1n) is 16.3. The second-order valence-corrected chi connectivity index (χ2v) is 13.5. The van der Waals surface area contributed by atoms with Gasteiger partial charge in [0.25, 0.3) is 0 Å². The SMILES string of the molecule is CCC(C)[C@H](NC(=O)OCc1ccccc1)C(=O)N[C@@]1(C(=O)N[C@H](c2nnc(C)o2)C(C)CC)CCc2[nH]c3c(Cl)cc(Cl)cc3c2C1. The summed E-state index contributed by atoms with van der Waals surface area (Å²) >= 11 is 13.0. The van der Waals surface area contributed by atoms with Crippen molar-refractivity contribution in [2.24, 2.45) is 11.8 Å². The minimum atomic E-state index is -1.41. The van der Waals surface area contributed by atoms with Crippen LogP contribution in [0.5, 0.6) is 0 Å². The van der Waals surface area contributed by atoms with Gasteiger partial charge in [0.05, 0.1) is 10.5 Å². The van der Waals surface area contributed by atoms with E-state index in [1.807, 2.05) is 64.1 Å².